The molecule has 0 atom stereocenters. The van der Waals surface area contributed by atoms with Crippen molar-refractivity contribution < 1.29 is 17.2 Å². The fraction of sp³-hybridized carbons (Fsp3) is 0.0769. The first-order valence-electron chi connectivity index (χ1n) is 5.78. The van der Waals surface area contributed by atoms with Gasteiger partial charge in [-0.05, 0) is 42.0 Å². The van der Waals surface area contributed by atoms with Gasteiger partial charge in [0.2, 0.25) is 10.0 Å². The van der Waals surface area contributed by atoms with Crippen molar-refractivity contribution in [3.8, 4) is 0 Å². The maximum absolute atomic E-state index is 13.6. The summed E-state index contributed by atoms with van der Waals surface area (Å²) in [6.07, 6.45) is 0. The van der Waals surface area contributed by atoms with E-state index in [2.05, 4.69) is 20.7 Å². The topological polar surface area (TPSA) is 72.2 Å². The zero-order valence-corrected chi connectivity index (χ0v) is 13.0. The molecule has 2 rings (SSSR count). The maximum Gasteiger partial charge on any atom is 0.243 e. The van der Waals surface area contributed by atoms with E-state index in [1.165, 1.54) is 24.3 Å². The molecule has 3 N–H and O–H groups in total. The van der Waals surface area contributed by atoms with E-state index >= 15 is 0 Å². The molecule has 0 spiro atoms. The molecule has 21 heavy (non-hydrogen) atoms. The summed E-state index contributed by atoms with van der Waals surface area (Å²) in [7, 11) is -4.09. The highest BCUT2D eigenvalue weighted by Crippen LogP contribution is 2.20. The van der Waals surface area contributed by atoms with Crippen LogP contribution >= 0.6 is 15.9 Å². The monoisotopic (exact) mass is 376 g/mol. The molecule has 0 aliphatic rings. The summed E-state index contributed by atoms with van der Waals surface area (Å²) in [5.74, 6) is -1.41. The number of anilines is 1. The van der Waals surface area contributed by atoms with Gasteiger partial charge in [0.15, 0.2) is 0 Å². The third-order valence-electron chi connectivity index (χ3n) is 2.71. The standard InChI is InChI=1S/C13H11BrF2N2O2S/c14-11-3-1-9(15)5-8(11)7-18-21(19,20)13-6-10(17)2-4-12(13)16/h1-6,18H,7,17H2. The lowest BCUT2D eigenvalue weighted by Gasteiger charge is -2.09. The minimum atomic E-state index is -4.09. The van der Waals surface area contributed by atoms with Crippen molar-refractivity contribution in [2.75, 3.05) is 5.73 Å². The first kappa shape index (κ1) is 15.9. The third kappa shape index (κ3) is 3.78. The van der Waals surface area contributed by atoms with Crippen LogP contribution in [-0.2, 0) is 16.6 Å². The lowest BCUT2D eigenvalue weighted by Crippen LogP contribution is -2.24. The Morgan fingerprint density at radius 1 is 1.14 bits per heavy atom. The summed E-state index contributed by atoms with van der Waals surface area (Å²) in [5, 5.41) is 0. The highest BCUT2D eigenvalue weighted by Gasteiger charge is 2.19. The molecule has 8 heteroatoms. The van der Waals surface area contributed by atoms with Gasteiger partial charge in [-0.1, -0.05) is 15.9 Å². The van der Waals surface area contributed by atoms with E-state index in [9.17, 15) is 17.2 Å². The molecule has 0 heterocycles. The maximum atomic E-state index is 13.6. The van der Waals surface area contributed by atoms with Gasteiger partial charge in [0.05, 0.1) is 0 Å². The molecule has 0 saturated carbocycles. The van der Waals surface area contributed by atoms with Crippen molar-refractivity contribution in [2.45, 2.75) is 11.4 Å². The Bertz CT molecular complexity index is 782. The van der Waals surface area contributed by atoms with Crippen LogP contribution in [0, 0.1) is 11.6 Å². The van der Waals surface area contributed by atoms with Gasteiger partial charge < -0.3 is 5.73 Å². The molecule has 0 radical (unpaired) electrons. The molecule has 0 amide bonds. The van der Waals surface area contributed by atoms with E-state index in [1.54, 1.807) is 0 Å². The van der Waals surface area contributed by atoms with Gasteiger partial charge >= 0.3 is 0 Å². The number of hydrogen-bond acceptors (Lipinski definition) is 3. The Kier molecular flexibility index (Phi) is 4.60. The Morgan fingerprint density at radius 2 is 1.86 bits per heavy atom. The molecule has 0 bridgehead atoms. The second-order valence-corrected chi connectivity index (χ2v) is 6.84. The van der Waals surface area contributed by atoms with Crippen LogP contribution in [-0.4, -0.2) is 8.42 Å². The van der Waals surface area contributed by atoms with Gasteiger partial charge in [-0.2, -0.15) is 0 Å². The molecular formula is C13H11BrF2N2O2S. The largest absolute Gasteiger partial charge is 0.399 e. The summed E-state index contributed by atoms with van der Waals surface area (Å²) < 4.78 is 53.6. The number of hydrogen-bond donors (Lipinski definition) is 2. The second-order valence-electron chi connectivity index (χ2n) is 4.25. The Morgan fingerprint density at radius 3 is 2.57 bits per heavy atom. The van der Waals surface area contributed by atoms with E-state index in [-0.39, 0.29) is 12.2 Å². The number of nitrogens with two attached hydrogens (primary N) is 1. The average molecular weight is 377 g/mol. The molecule has 2 aromatic rings. The summed E-state index contributed by atoms with van der Waals surface area (Å²) in [6, 6.07) is 7.14. The number of rotatable bonds is 4. The second kappa shape index (κ2) is 6.08. The number of benzene rings is 2. The summed E-state index contributed by atoms with van der Waals surface area (Å²) in [5.41, 5.74) is 5.98. The van der Waals surface area contributed by atoms with Crippen LogP contribution in [0.2, 0.25) is 0 Å². The average Bonchev–Trinajstić information content (AvgIpc) is 2.42. The van der Waals surface area contributed by atoms with Crippen LogP contribution in [0.15, 0.2) is 45.8 Å². The zero-order valence-electron chi connectivity index (χ0n) is 10.6. The molecule has 2 aromatic carbocycles. The van der Waals surface area contributed by atoms with Crippen molar-refractivity contribution in [3.63, 3.8) is 0 Å². The van der Waals surface area contributed by atoms with Gasteiger partial charge in [0.1, 0.15) is 16.5 Å². The minimum absolute atomic E-state index is 0.128. The predicted molar refractivity (Wildman–Crippen MR) is 78.9 cm³/mol. The third-order valence-corrected chi connectivity index (χ3v) is 4.90. The van der Waals surface area contributed by atoms with E-state index < -0.39 is 26.6 Å². The Balaban J connectivity index is 2.26. The van der Waals surface area contributed by atoms with Crippen LogP contribution in [0.1, 0.15) is 5.56 Å². The number of halogens is 3. The smallest absolute Gasteiger partial charge is 0.243 e. The van der Waals surface area contributed by atoms with E-state index in [4.69, 9.17) is 5.73 Å². The molecule has 0 aliphatic carbocycles. The summed E-state index contributed by atoms with van der Waals surface area (Å²) >= 11 is 3.18. The van der Waals surface area contributed by atoms with Crippen molar-refractivity contribution in [2.24, 2.45) is 0 Å². The fourth-order valence-electron chi connectivity index (χ4n) is 1.66. The van der Waals surface area contributed by atoms with Gasteiger partial charge in [-0.15, -0.1) is 0 Å². The molecule has 0 saturated heterocycles. The van der Waals surface area contributed by atoms with Crippen molar-refractivity contribution in [1.82, 2.24) is 4.72 Å². The molecule has 0 aromatic heterocycles. The Labute approximate surface area is 129 Å². The first-order valence-corrected chi connectivity index (χ1v) is 8.06. The van der Waals surface area contributed by atoms with Gasteiger partial charge in [-0.3, -0.25) is 0 Å². The van der Waals surface area contributed by atoms with Crippen LogP contribution in [0.5, 0.6) is 0 Å². The molecular weight excluding hydrogens is 366 g/mol. The van der Waals surface area contributed by atoms with Crippen LogP contribution < -0.4 is 10.5 Å². The minimum Gasteiger partial charge on any atom is -0.399 e. The Hall–Kier alpha value is -1.51. The predicted octanol–water partition coefficient (Wildman–Crippen LogP) is 2.79. The number of sulfonamides is 1. The first-order chi connectivity index (χ1) is 9.79. The summed E-state index contributed by atoms with van der Waals surface area (Å²) in [4.78, 5) is -0.546. The molecule has 0 unspecified atom stereocenters. The fourth-order valence-corrected chi connectivity index (χ4v) is 3.16. The molecule has 112 valence electrons. The van der Waals surface area contributed by atoms with E-state index in [0.29, 0.717) is 10.0 Å². The normalized spacial score (nSPS) is 11.6. The van der Waals surface area contributed by atoms with Gasteiger partial charge in [-0.25, -0.2) is 21.9 Å². The van der Waals surface area contributed by atoms with E-state index in [0.717, 1.165) is 12.1 Å². The lowest BCUT2D eigenvalue weighted by molar-refractivity contribution is 0.556. The zero-order chi connectivity index (χ0) is 15.6. The van der Waals surface area contributed by atoms with Crippen molar-refractivity contribution in [1.29, 1.82) is 0 Å². The van der Waals surface area contributed by atoms with Crippen molar-refractivity contribution in [3.05, 3.63) is 58.1 Å². The molecule has 4 nitrogen and oxygen atoms in total. The van der Waals surface area contributed by atoms with E-state index in [1.807, 2.05) is 0 Å². The quantitative estimate of drug-likeness (QED) is 0.805. The van der Waals surface area contributed by atoms with Crippen LogP contribution in [0.3, 0.4) is 0 Å². The molecule has 0 aliphatic heterocycles. The van der Waals surface area contributed by atoms with Crippen molar-refractivity contribution >= 4 is 31.6 Å². The van der Waals surface area contributed by atoms with Crippen LogP contribution in [0.25, 0.3) is 0 Å². The highest BCUT2D eigenvalue weighted by molar-refractivity contribution is 9.10. The molecule has 0 fully saturated rings. The van der Waals surface area contributed by atoms with Gasteiger partial charge in [0, 0.05) is 16.7 Å². The van der Waals surface area contributed by atoms with Gasteiger partial charge in [0.25, 0.3) is 0 Å². The SMILES string of the molecule is Nc1ccc(F)c(S(=O)(=O)NCc2cc(F)ccc2Br)c1. The highest BCUT2D eigenvalue weighted by atomic mass is 79.9. The number of nitrogens with one attached hydrogen (secondary N) is 1. The number of nitrogen functional groups attached to an aromatic ring is 1. The summed E-state index contributed by atoms with van der Waals surface area (Å²) in [6.45, 7) is -0.186. The lowest BCUT2D eigenvalue weighted by atomic mass is 10.2. The van der Waals surface area contributed by atoms with Crippen LogP contribution in [0.4, 0.5) is 14.5 Å².